The van der Waals surface area contributed by atoms with Crippen molar-refractivity contribution < 1.29 is 13.9 Å². The summed E-state index contributed by atoms with van der Waals surface area (Å²) in [6, 6.07) is 6.11. The van der Waals surface area contributed by atoms with Crippen LogP contribution in [0.15, 0.2) is 23.6 Å². The lowest BCUT2D eigenvalue weighted by molar-refractivity contribution is 0.0760. The van der Waals surface area contributed by atoms with Gasteiger partial charge >= 0.3 is 0 Å². The second-order valence-electron chi connectivity index (χ2n) is 4.29. The fraction of sp³-hybridized carbons (Fsp3) is 0.333. The molecule has 2 rings (SSSR count). The number of aromatic nitrogens is 1. The molecule has 2 aromatic rings. The maximum atomic E-state index is 13.4. The summed E-state index contributed by atoms with van der Waals surface area (Å²) in [6.45, 7) is 4.68. The van der Waals surface area contributed by atoms with Gasteiger partial charge in [-0.25, -0.2) is 9.37 Å². The lowest BCUT2D eigenvalue weighted by Crippen LogP contribution is -2.01. The molecule has 0 saturated carbocycles. The Kier molecular flexibility index (Phi) is 5.26. The second kappa shape index (κ2) is 7.16. The molecule has 21 heavy (non-hydrogen) atoms. The van der Waals surface area contributed by atoms with E-state index >= 15 is 0 Å². The van der Waals surface area contributed by atoms with Crippen molar-refractivity contribution in [3.05, 3.63) is 45.7 Å². The van der Waals surface area contributed by atoms with E-state index in [-0.39, 0.29) is 24.0 Å². The molecule has 0 N–H and O–H groups in total. The van der Waals surface area contributed by atoms with Crippen LogP contribution in [0.4, 0.5) is 4.39 Å². The Labute approximate surface area is 126 Å². The first-order chi connectivity index (χ1) is 10.2. The van der Waals surface area contributed by atoms with Crippen LogP contribution in [0.3, 0.4) is 0 Å². The van der Waals surface area contributed by atoms with E-state index in [2.05, 4.69) is 4.98 Å². The first-order valence-corrected chi connectivity index (χ1v) is 7.41. The van der Waals surface area contributed by atoms with Gasteiger partial charge in [0.05, 0.1) is 5.69 Å². The quantitative estimate of drug-likeness (QED) is 0.814. The predicted octanol–water partition coefficient (Wildman–Crippen LogP) is 3.83. The number of nitrogens with zero attached hydrogens (tertiary/aromatic N) is 2. The standard InChI is InChI=1S/C15H15FN2O2S/c1-3-19-10(2)15-18-11(9-21-15)8-20-14-6-4-5-13(16)12(14)7-17/h4-6,9-10H,3,8H2,1-2H3. The monoisotopic (exact) mass is 306 g/mol. The molecule has 1 aromatic heterocycles. The lowest BCUT2D eigenvalue weighted by Gasteiger charge is -2.08. The summed E-state index contributed by atoms with van der Waals surface area (Å²) in [5, 5.41) is 11.7. The summed E-state index contributed by atoms with van der Waals surface area (Å²) < 4.78 is 24.4. The Morgan fingerprint density at radius 1 is 1.48 bits per heavy atom. The molecule has 0 saturated heterocycles. The zero-order chi connectivity index (χ0) is 15.2. The van der Waals surface area contributed by atoms with Crippen LogP contribution < -0.4 is 4.74 Å². The molecule has 0 radical (unpaired) electrons. The summed E-state index contributed by atoms with van der Waals surface area (Å²) in [4.78, 5) is 4.41. The van der Waals surface area contributed by atoms with Crippen molar-refractivity contribution in [2.24, 2.45) is 0 Å². The molecule has 1 unspecified atom stereocenters. The molecule has 110 valence electrons. The van der Waals surface area contributed by atoms with Gasteiger partial charge in [-0.3, -0.25) is 0 Å². The molecule has 0 bridgehead atoms. The zero-order valence-electron chi connectivity index (χ0n) is 11.8. The highest BCUT2D eigenvalue weighted by Crippen LogP contribution is 2.24. The van der Waals surface area contributed by atoms with E-state index in [1.807, 2.05) is 19.2 Å². The highest BCUT2D eigenvalue weighted by atomic mass is 32.1. The normalized spacial score (nSPS) is 11.9. The molecule has 1 heterocycles. The van der Waals surface area contributed by atoms with E-state index in [9.17, 15) is 4.39 Å². The van der Waals surface area contributed by atoms with Gasteiger partial charge in [0.15, 0.2) is 0 Å². The number of thiazole rings is 1. The smallest absolute Gasteiger partial charge is 0.144 e. The third-order valence-corrected chi connectivity index (χ3v) is 3.85. The number of hydrogen-bond acceptors (Lipinski definition) is 5. The van der Waals surface area contributed by atoms with Crippen molar-refractivity contribution in [1.29, 1.82) is 5.26 Å². The number of ether oxygens (including phenoxy) is 2. The number of rotatable bonds is 6. The molecule has 0 aliphatic heterocycles. The third kappa shape index (κ3) is 3.78. The molecule has 4 nitrogen and oxygen atoms in total. The first-order valence-electron chi connectivity index (χ1n) is 6.53. The van der Waals surface area contributed by atoms with Gasteiger partial charge in [0.1, 0.15) is 40.9 Å². The number of halogens is 1. The molecule has 0 spiro atoms. The average molecular weight is 306 g/mol. The van der Waals surface area contributed by atoms with E-state index in [1.165, 1.54) is 23.5 Å². The molecule has 6 heteroatoms. The minimum atomic E-state index is -0.584. The molecule has 0 amide bonds. The minimum Gasteiger partial charge on any atom is -0.486 e. The molecule has 0 aliphatic rings. The van der Waals surface area contributed by atoms with Gasteiger partial charge in [-0.05, 0) is 26.0 Å². The Bertz CT molecular complexity index is 651. The summed E-state index contributed by atoms with van der Waals surface area (Å²) >= 11 is 1.49. The lowest BCUT2D eigenvalue weighted by atomic mass is 10.2. The maximum Gasteiger partial charge on any atom is 0.144 e. The van der Waals surface area contributed by atoms with Crippen molar-refractivity contribution in [2.45, 2.75) is 26.6 Å². The Hall–Kier alpha value is -1.97. The maximum absolute atomic E-state index is 13.4. The SMILES string of the molecule is CCOC(C)c1nc(COc2cccc(F)c2C#N)cs1. The van der Waals surface area contributed by atoms with E-state index in [0.717, 1.165) is 10.7 Å². The Morgan fingerprint density at radius 2 is 2.29 bits per heavy atom. The van der Waals surface area contributed by atoms with Crippen molar-refractivity contribution in [1.82, 2.24) is 4.98 Å². The Balaban J connectivity index is 2.04. The fourth-order valence-corrected chi connectivity index (χ4v) is 2.59. The van der Waals surface area contributed by atoms with Crippen LogP contribution in [0, 0.1) is 17.1 Å². The number of hydrogen-bond donors (Lipinski definition) is 0. The van der Waals surface area contributed by atoms with Gasteiger partial charge in [0.25, 0.3) is 0 Å². The van der Waals surface area contributed by atoms with Crippen LogP contribution in [0.2, 0.25) is 0 Å². The number of nitriles is 1. The molecule has 1 aromatic carbocycles. The molecule has 1 atom stereocenters. The molecular weight excluding hydrogens is 291 g/mol. The summed E-state index contributed by atoms with van der Waals surface area (Å²) in [5.41, 5.74) is 0.644. The summed E-state index contributed by atoms with van der Waals surface area (Å²) in [7, 11) is 0. The van der Waals surface area contributed by atoms with Crippen LogP contribution in [0.5, 0.6) is 5.75 Å². The third-order valence-electron chi connectivity index (χ3n) is 2.80. The summed E-state index contributed by atoms with van der Waals surface area (Å²) in [6.07, 6.45) is -0.0578. The van der Waals surface area contributed by atoms with Gasteiger partial charge < -0.3 is 9.47 Å². The van der Waals surface area contributed by atoms with Crippen LogP contribution in [-0.4, -0.2) is 11.6 Å². The first kappa shape index (κ1) is 15.4. The van der Waals surface area contributed by atoms with Crippen molar-refractivity contribution >= 4 is 11.3 Å². The second-order valence-corrected chi connectivity index (χ2v) is 5.18. The topological polar surface area (TPSA) is 55.1 Å². The van der Waals surface area contributed by atoms with Gasteiger partial charge in [-0.1, -0.05) is 6.07 Å². The Morgan fingerprint density at radius 3 is 3.00 bits per heavy atom. The van der Waals surface area contributed by atoms with Crippen molar-refractivity contribution in [2.75, 3.05) is 6.61 Å². The molecular formula is C15H15FN2O2S. The molecule has 0 fully saturated rings. The average Bonchev–Trinajstić information content (AvgIpc) is 2.94. The van der Waals surface area contributed by atoms with E-state index in [0.29, 0.717) is 6.61 Å². The number of benzene rings is 1. The van der Waals surface area contributed by atoms with Crippen LogP contribution >= 0.6 is 11.3 Å². The van der Waals surface area contributed by atoms with Crippen molar-refractivity contribution in [3.8, 4) is 11.8 Å². The van der Waals surface area contributed by atoms with Crippen LogP contribution in [0.1, 0.15) is 36.2 Å². The van der Waals surface area contributed by atoms with Crippen LogP contribution in [-0.2, 0) is 11.3 Å². The van der Waals surface area contributed by atoms with Gasteiger partial charge in [0, 0.05) is 12.0 Å². The zero-order valence-corrected chi connectivity index (χ0v) is 12.6. The van der Waals surface area contributed by atoms with Gasteiger partial charge in [-0.15, -0.1) is 11.3 Å². The van der Waals surface area contributed by atoms with E-state index < -0.39 is 5.82 Å². The molecule has 0 aliphatic carbocycles. The summed E-state index contributed by atoms with van der Waals surface area (Å²) in [5.74, 6) is -0.358. The van der Waals surface area contributed by atoms with Crippen molar-refractivity contribution in [3.63, 3.8) is 0 Å². The van der Waals surface area contributed by atoms with Gasteiger partial charge in [-0.2, -0.15) is 5.26 Å². The minimum absolute atomic E-state index is 0.0578. The highest BCUT2D eigenvalue weighted by Gasteiger charge is 2.12. The highest BCUT2D eigenvalue weighted by molar-refractivity contribution is 7.09. The van der Waals surface area contributed by atoms with E-state index in [1.54, 1.807) is 12.1 Å². The van der Waals surface area contributed by atoms with Gasteiger partial charge in [0.2, 0.25) is 0 Å². The largest absolute Gasteiger partial charge is 0.486 e. The van der Waals surface area contributed by atoms with Crippen LogP contribution in [0.25, 0.3) is 0 Å². The fourth-order valence-electron chi connectivity index (χ4n) is 1.78. The van der Waals surface area contributed by atoms with E-state index in [4.69, 9.17) is 14.7 Å². The predicted molar refractivity (Wildman–Crippen MR) is 77.6 cm³/mol.